The van der Waals surface area contributed by atoms with E-state index in [0.717, 1.165) is 41.7 Å². The molecule has 0 bridgehead atoms. The molecule has 0 saturated carbocycles. The number of ether oxygens (including phenoxy) is 2. The van der Waals surface area contributed by atoms with Gasteiger partial charge in [-0.3, -0.25) is 4.79 Å². The summed E-state index contributed by atoms with van der Waals surface area (Å²) in [4.78, 5) is 29.1. The van der Waals surface area contributed by atoms with Gasteiger partial charge in [-0.25, -0.2) is 4.98 Å². The van der Waals surface area contributed by atoms with E-state index in [1.54, 1.807) is 14.2 Å². The first-order valence-corrected chi connectivity index (χ1v) is 11.0. The molecule has 0 aliphatic carbocycles. The van der Waals surface area contributed by atoms with Gasteiger partial charge in [-0.2, -0.15) is 4.98 Å². The Labute approximate surface area is 194 Å². The Morgan fingerprint density at radius 3 is 2.33 bits per heavy atom. The first-order chi connectivity index (χ1) is 15.7. The molecule has 0 saturated heterocycles. The Morgan fingerprint density at radius 1 is 1.00 bits per heavy atom. The molecular formula is C24H34N6O3. The third-order valence-corrected chi connectivity index (χ3v) is 5.56. The van der Waals surface area contributed by atoms with Crippen molar-refractivity contribution in [1.29, 1.82) is 0 Å². The van der Waals surface area contributed by atoms with Gasteiger partial charge in [0, 0.05) is 42.8 Å². The third kappa shape index (κ3) is 5.73. The molecule has 0 aliphatic rings. The maximum Gasteiger partial charge on any atom is 0.253 e. The fourth-order valence-corrected chi connectivity index (χ4v) is 3.75. The number of nitrogens with zero attached hydrogens (tertiary/aromatic N) is 4. The molecule has 0 unspecified atom stereocenters. The highest BCUT2D eigenvalue weighted by Crippen LogP contribution is 2.35. The summed E-state index contributed by atoms with van der Waals surface area (Å²) in [5.74, 6) is 2.43. The second-order valence-electron chi connectivity index (χ2n) is 8.47. The number of fused-ring (bicyclic) bond motifs is 1. The van der Waals surface area contributed by atoms with Crippen molar-refractivity contribution in [3.05, 3.63) is 45.4 Å². The standard InChI is InChI=1S/C24H34N6O3/c1-15-11-16(2)26-23(31)18(15)14-25-22-17-12-20(32-6)21(33-7)13-19(17)27-24(28-22)30(5)10-8-9-29(3)4/h11-13H,8-10,14H2,1-7H3,(H,26,31)(H,25,27,28). The van der Waals surface area contributed by atoms with Crippen LogP contribution in [0.3, 0.4) is 0 Å². The van der Waals surface area contributed by atoms with Gasteiger partial charge < -0.3 is 29.6 Å². The highest BCUT2D eigenvalue weighted by molar-refractivity contribution is 5.92. The fraction of sp³-hybridized carbons (Fsp3) is 0.458. The molecule has 9 nitrogen and oxygen atoms in total. The number of hydrogen-bond donors (Lipinski definition) is 2. The molecule has 1 aromatic carbocycles. The van der Waals surface area contributed by atoms with Gasteiger partial charge in [0.2, 0.25) is 5.95 Å². The summed E-state index contributed by atoms with van der Waals surface area (Å²) in [6.45, 7) is 5.94. The summed E-state index contributed by atoms with van der Waals surface area (Å²) in [5, 5.41) is 4.15. The first kappa shape index (κ1) is 24.3. The van der Waals surface area contributed by atoms with Crippen molar-refractivity contribution in [2.75, 3.05) is 58.7 Å². The number of nitrogens with one attached hydrogen (secondary N) is 2. The highest BCUT2D eigenvalue weighted by atomic mass is 16.5. The summed E-state index contributed by atoms with van der Waals surface area (Å²) >= 11 is 0. The maximum atomic E-state index is 12.5. The zero-order valence-electron chi connectivity index (χ0n) is 20.6. The zero-order valence-corrected chi connectivity index (χ0v) is 20.6. The summed E-state index contributed by atoms with van der Waals surface area (Å²) in [7, 11) is 9.30. The van der Waals surface area contributed by atoms with Gasteiger partial charge in [-0.05, 0) is 58.6 Å². The number of aromatic nitrogens is 3. The Hall–Kier alpha value is -3.33. The van der Waals surface area contributed by atoms with Crippen LogP contribution in [0.25, 0.3) is 10.9 Å². The van der Waals surface area contributed by atoms with E-state index in [0.29, 0.717) is 35.4 Å². The van der Waals surface area contributed by atoms with Crippen LogP contribution in [0.1, 0.15) is 23.2 Å². The topological polar surface area (TPSA) is 95.6 Å². The van der Waals surface area contributed by atoms with E-state index in [9.17, 15) is 4.79 Å². The molecule has 2 heterocycles. The molecular weight excluding hydrogens is 420 g/mol. The van der Waals surface area contributed by atoms with Crippen molar-refractivity contribution in [3.8, 4) is 11.5 Å². The summed E-state index contributed by atoms with van der Waals surface area (Å²) < 4.78 is 11.0. The van der Waals surface area contributed by atoms with E-state index in [1.165, 1.54) is 0 Å². The smallest absolute Gasteiger partial charge is 0.253 e. The van der Waals surface area contributed by atoms with Crippen molar-refractivity contribution in [2.45, 2.75) is 26.8 Å². The van der Waals surface area contributed by atoms with Gasteiger partial charge in [0.25, 0.3) is 5.56 Å². The molecule has 9 heteroatoms. The number of aryl methyl sites for hydroxylation is 2. The van der Waals surface area contributed by atoms with E-state index in [-0.39, 0.29) is 5.56 Å². The normalized spacial score (nSPS) is 11.2. The number of H-pyrrole nitrogens is 1. The second-order valence-corrected chi connectivity index (χ2v) is 8.47. The number of rotatable bonds is 10. The van der Waals surface area contributed by atoms with Crippen LogP contribution in [0.2, 0.25) is 0 Å². The number of methoxy groups -OCH3 is 2. The summed E-state index contributed by atoms with van der Waals surface area (Å²) in [5.41, 5.74) is 3.08. The lowest BCUT2D eigenvalue weighted by Gasteiger charge is -2.21. The number of pyridine rings is 1. The van der Waals surface area contributed by atoms with Crippen molar-refractivity contribution in [3.63, 3.8) is 0 Å². The third-order valence-electron chi connectivity index (χ3n) is 5.56. The van der Waals surface area contributed by atoms with Crippen molar-refractivity contribution < 1.29 is 9.47 Å². The predicted octanol–water partition coefficient (Wildman–Crippen LogP) is 2.95. The van der Waals surface area contributed by atoms with Crippen LogP contribution < -0.4 is 25.2 Å². The molecule has 0 amide bonds. The van der Waals surface area contributed by atoms with Gasteiger partial charge in [0.15, 0.2) is 11.5 Å². The maximum absolute atomic E-state index is 12.5. The van der Waals surface area contributed by atoms with E-state index in [2.05, 4.69) is 29.3 Å². The summed E-state index contributed by atoms with van der Waals surface area (Å²) in [6, 6.07) is 5.68. The Bertz CT molecular complexity index is 1180. The molecule has 33 heavy (non-hydrogen) atoms. The van der Waals surface area contributed by atoms with E-state index in [4.69, 9.17) is 19.4 Å². The fourth-order valence-electron chi connectivity index (χ4n) is 3.75. The zero-order chi connectivity index (χ0) is 24.1. The highest BCUT2D eigenvalue weighted by Gasteiger charge is 2.16. The van der Waals surface area contributed by atoms with E-state index < -0.39 is 0 Å². The minimum Gasteiger partial charge on any atom is -0.493 e. The Kier molecular flexibility index (Phi) is 7.75. The van der Waals surface area contributed by atoms with Crippen LogP contribution in [-0.2, 0) is 6.54 Å². The largest absolute Gasteiger partial charge is 0.493 e. The Balaban J connectivity index is 2.01. The molecule has 2 N–H and O–H groups in total. The molecule has 2 aromatic heterocycles. The second kappa shape index (κ2) is 10.5. The molecule has 0 fully saturated rings. The van der Waals surface area contributed by atoms with Crippen LogP contribution in [-0.4, -0.2) is 68.3 Å². The van der Waals surface area contributed by atoms with E-state index in [1.807, 2.05) is 44.0 Å². The minimum atomic E-state index is -0.0985. The van der Waals surface area contributed by atoms with Crippen molar-refractivity contribution in [1.82, 2.24) is 19.9 Å². The lowest BCUT2D eigenvalue weighted by molar-refractivity contribution is 0.356. The minimum absolute atomic E-state index is 0.0985. The van der Waals surface area contributed by atoms with Gasteiger partial charge in [-0.15, -0.1) is 0 Å². The van der Waals surface area contributed by atoms with Crippen LogP contribution in [0, 0.1) is 13.8 Å². The summed E-state index contributed by atoms with van der Waals surface area (Å²) in [6.07, 6.45) is 0.984. The molecule has 0 spiro atoms. The number of benzene rings is 1. The molecule has 0 radical (unpaired) electrons. The van der Waals surface area contributed by atoms with Crippen LogP contribution in [0.4, 0.5) is 11.8 Å². The molecule has 3 rings (SSSR count). The Morgan fingerprint density at radius 2 is 1.70 bits per heavy atom. The lowest BCUT2D eigenvalue weighted by Crippen LogP contribution is -2.25. The average molecular weight is 455 g/mol. The van der Waals surface area contributed by atoms with Crippen LogP contribution in [0.5, 0.6) is 11.5 Å². The molecule has 3 aromatic rings. The lowest BCUT2D eigenvalue weighted by atomic mass is 10.1. The van der Waals surface area contributed by atoms with Gasteiger partial charge in [0.1, 0.15) is 5.82 Å². The van der Waals surface area contributed by atoms with Crippen molar-refractivity contribution in [2.24, 2.45) is 0 Å². The molecule has 0 atom stereocenters. The molecule has 0 aliphatic heterocycles. The molecule has 178 valence electrons. The van der Waals surface area contributed by atoms with Gasteiger partial charge in [-0.1, -0.05) is 0 Å². The number of aromatic amines is 1. The number of hydrogen-bond acceptors (Lipinski definition) is 8. The van der Waals surface area contributed by atoms with Crippen LogP contribution in [0.15, 0.2) is 23.0 Å². The average Bonchev–Trinajstić information content (AvgIpc) is 2.76. The SMILES string of the molecule is COc1cc2nc(N(C)CCCN(C)C)nc(NCc3c(C)cc(C)[nH]c3=O)c2cc1OC. The van der Waals surface area contributed by atoms with Gasteiger partial charge >= 0.3 is 0 Å². The quantitative estimate of drug-likeness (QED) is 0.483. The van der Waals surface area contributed by atoms with Crippen molar-refractivity contribution >= 4 is 22.7 Å². The van der Waals surface area contributed by atoms with Gasteiger partial charge in [0.05, 0.1) is 19.7 Å². The predicted molar refractivity (Wildman–Crippen MR) is 133 cm³/mol. The number of anilines is 2. The monoisotopic (exact) mass is 454 g/mol. The van der Waals surface area contributed by atoms with E-state index >= 15 is 0 Å². The first-order valence-electron chi connectivity index (χ1n) is 11.0. The van der Waals surface area contributed by atoms with Crippen LogP contribution >= 0.6 is 0 Å².